The minimum Gasteiger partial charge on any atom is -0.364 e. The fourth-order valence-corrected chi connectivity index (χ4v) is 6.46. The summed E-state index contributed by atoms with van der Waals surface area (Å²) in [7, 11) is 0. The van der Waals surface area contributed by atoms with Gasteiger partial charge in [-0.05, 0) is 66.9 Å². The number of hydrogen-bond acceptors (Lipinski definition) is 7. The number of nitro groups is 1. The Labute approximate surface area is 186 Å². The number of hydrogen-bond donors (Lipinski definition) is 3. The van der Waals surface area contributed by atoms with E-state index in [2.05, 4.69) is 20.6 Å². The quantitative estimate of drug-likeness (QED) is 0.433. The van der Waals surface area contributed by atoms with Crippen molar-refractivity contribution in [2.45, 2.75) is 44.7 Å². The van der Waals surface area contributed by atoms with E-state index in [-0.39, 0.29) is 16.9 Å². The number of nitrogens with zero attached hydrogens (tertiary/aromatic N) is 3. The average Bonchev–Trinajstić information content (AvgIpc) is 2.75. The Hall–Kier alpha value is -2.45. The fourth-order valence-electron chi connectivity index (χ4n) is 6.26. The highest BCUT2D eigenvalue weighted by Crippen LogP contribution is 2.59. The molecule has 31 heavy (non-hydrogen) atoms. The average molecular weight is 443 g/mol. The van der Waals surface area contributed by atoms with Crippen molar-refractivity contribution in [2.24, 2.45) is 28.9 Å². The lowest BCUT2D eigenvalue weighted by molar-refractivity contribution is -0.384. The molecule has 164 valence electrons. The summed E-state index contributed by atoms with van der Waals surface area (Å²) < 4.78 is 0. The standard InChI is InChI=1S/C22H27ClN6O2/c23-17-4-2-1-3-14(17)10-25-21-26-11-18(29(30)31)20(28-21)27-12-22-7-13-5-15(8-22)19(24)16(6-13)9-22/h1-4,11,13,15-16,19H,5-10,12,24H2,(H2,25,26,27,28)/t13?,15-,16+,19?,22?. The second kappa shape index (κ2) is 7.91. The summed E-state index contributed by atoms with van der Waals surface area (Å²) in [4.78, 5) is 19.7. The molecule has 0 saturated heterocycles. The number of nitrogens with two attached hydrogens (primary N) is 1. The van der Waals surface area contributed by atoms with Crippen LogP contribution >= 0.6 is 11.6 Å². The molecule has 4 N–H and O–H groups in total. The van der Waals surface area contributed by atoms with Gasteiger partial charge in [-0.15, -0.1) is 0 Å². The summed E-state index contributed by atoms with van der Waals surface area (Å²) in [5.41, 5.74) is 7.43. The molecular weight excluding hydrogens is 416 g/mol. The van der Waals surface area contributed by atoms with E-state index in [1.807, 2.05) is 24.3 Å². The van der Waals surface area contributed by atoms with Gasteiger partial charge in [-0.2, -0.15) is 4.98 Å². The summed E-state index contributed by atoms with van der Waals surface area (Å²) >= 11 is 6.21. The van der Waals surface area contributed by atoms with Crippen LogP contribution in [0.25, 0.3) is 0 Å². The van der Waals surface area contributed by atoms with Crippen molar-refractivity contribution in [1.82, 2.24) is 9.97 Å². The molecule has 4 bridgehead atoms. The molecule has 0 spiro atoms. The highest BCUT2D eigenvalue weighted by atomic mass is 35.5. The van der Waals surface area contributed by atoms with Gasteiger partial charge in [0.1, 0.15) is 6.20 Å². The third kappa shape index (κ3) is 3.94. The summed E-state index contributed by atoms with van der Waals surface area (Å²) in [6, 6.07) is 7.83. The Kier molecular flexibility index (Phi) is 5.22. The largest absolute Gasteiger partial charge is 0.364 e. The van der Waals surface area contributed by atoms with Gasteiger partial charge < -0.3 is 16.4 Å². The third-order valence-corrected chi connectivity index (χ3v) is 7.83. The van der Waals surface area contributed by atoms with E-state index in [9.17, 15) is 10.1 Å². The van der Waals surface area contributed by atoms with Crippen LogP contribution in [0.4, 0.5) is 17.5 Å². The molecule has 1 aromatic heterocycles. The number of aromatic nitrogens is 2. The number of halogens is 1. The molecule has 4 saturated carbocycles. The third-order valence-electron chi connectivity index (χ3n) is 7.46. The predicted octanol–water partition coefficient (Wildman–Crippen LogP) is 4.22. The van der Waals surface area contributed by atoms with Crippen LogP contribution in [-0.2, 0) is 6.54 Å². The van der Waals surface area contributed by atoms with Crippen LogP contribution in [0, 0.1) is 33.3 Å². The van der Waals surface area contributed by atoms with E-state index in [1.165, 1.54) is 25.5 Å². The lowest BCUT2D eigenvalue weighted by Crippen LogP contribution is -2.58. The summed E-state index contributed by atoms with van der Waals surface area (Å²) in [6.07, 6.45) is 7.12. The SMILES string of the molecule is NC1[C@@H]2CC3C[C@H]1CC(CNc1nc(NCc4ccccc4Cl)ncc1[N+](=O)[O-])(C3)C2. The molecule has 0 radical (unpaired) electrons. The Morgan fingerprint density at radius 1 is 1.19 bits per heavy atom. The molecule has 4 aliphatic rings. The molecular formula is C22H27ClN6O2. The van der Waals surface area contributed by atoms with Gasteiger partial charge >= 0.3 is 5.69 Å². The zero-order valence-electron chi connectivity index (χ0n) is 17.3. The molecule has 0 amide bonds. The van der Waals surface area contributed by atoms with Gasteiger partial charge in [-0.25, -0.2) is 4.98 Å². The number of anilines is 2. The molecule has 4 fully saturated rings. The number of rotatable bonds is 7. The van der Waals surface area contributed by atoms with Crippen molar-refractivity contribution in [3.63, 3.8) is 0 Å². The Morgan fingerprint density at radius 2 is 1.94 bits per heavy atom. The molecule has 1 heterocycles. The van der Waals surface area contributed by atoms with Gasteiger partial charge in [0.05, 0.1) is 4.92 Å². The maximum absolute atomic E-state index is 11.6. The van der Waals surface area contributed by atoms with E-state index < -0.39 is 4.92 Å². The van der Waals surface area contributed by atoms with Crippen LogP contribution in [0.15, 0.2) is 30.5 Å². The summed E-state index contributed by atoms with van der Waals surface area (Å²) in [5.74, 6) is 2.51. The zero-order chi connectivity index (χ0) is 21.6. The van der Waals surface area contributed by atoms with Crippen molar-refractivity contribution < 1.29 is 4.92 Å². The lowest BCUT2D eigenvalue weighted by atomic mass is 9.48. The van der Waals surface area contributed by atoms with Crippen molar-refractivity contribution in [2.75, 3.05) is 17.2 Å². The second-order valence-electron chi connectivity index (χ2n) is 9.53. The van der Waals surface area contributed by atoms with Gasteiger partial charge in [0, 0.05) is 24.2 Å². The highest BCUT2D eigenvalue weighted by Gasteiger charge is 2.54. The molecule has 1 aromatic carbocycles. The molecule has 6 rings (SSSR count). The van der Waals surface area contributed by atoms with Gasteiger partial charge in [0.15, 0.2) is 0 Å². The first-order chi connectivity index (χ1) is 14.9. The maximum Gasteiger partial charge on any atom is 0.329 e. The van der Waals surface area contributed by atoms with Crippen LogP contribution in [0.1, 0.15) is 37.7 Å². The summed E-state index contributed by atoms with van der Waals surface area (Å²) in [5, 5.41) is 18.6. The minimum atomic E-state index is -0.435. The zero-order valence-corrected chi connectivity index (χ0v) is 18.0. The van der Waals surface area contributed by atoms with Crippen LogP contribution in [0.2, 0.25) is 5.02 Å². The first kappa shape index (κ1) is 20.5. The molecule has 3 unspecified atom stereocenters. The molecule has 0 aliphatic heterocycles. The van der Waals surface area contributed by atoms with E-state index in [1.54, 1.807) is 0 Å². The first-order valence-electron chi connectivity index (χ1n) is 10.9. The van der Waals surface area contributed by atoms with Crippen molar-refractivity contribution in [1.29, 1.82) is 0 Å². The molecule has 5 atom stereocenters. The Morgan fingerprint density at radius 3 is 2.65 bits per heavy atom. The van der Waals surface area contributed by atoms with Gasteiger partial charge in [-0.3, -0.25) is 10.1 Å². The normalized spacial score (nSPS) is 30.9. The van der Waals surface area contributed by atoms with E-state index >= 15 is 0 Å². The van der Waals surface area contributed by atoms with Crippen LogP contribution < -0.4 is 16.4 Å². The van der Waals surface area contributed by atoms with Gasteiger partial charge in [0.2, 0.25) is 11.8 Å². The molecule has 2 aromatic rings. The van der Waals surface area contributed by atoms with Crippen molar-refractivity contribution >= 4 is 29.1 Å². The van der Waals surface area contributed by atoms with Gasteiger partial charge in [0.25, 0.3) is 0 Å². The Bertz CT molecular complexity index is 986. The van der Waals surface area contributed by atoms with Crippen molar-refractivity contribution in [3.8, 4) is 0 Å². The smallest absolute Gasteiger partial charge is 0.329 e. The summed E-state index contributed by atoms with van der Waals surface area (Å²) in [6.45, 7) is 1.12. The predicted molar refractivity (Wildman–Crippen MR) is 120 cm³/mol. The van der Waals surface area contributed by atoms with Crippen LogP contribution in [-0.4, -0.2) is 27.5 Å². The van der Waals surface area contributed by atoms with Crippen molar-refractivity contribution in [3.05, 3.63) is 51.2 Å². The minimum absolute atomic E-state index is 0.107. The number of nitrogens with one attached hydrogen (secondary N) is 2. The fraction of sp³-hybridized carbons (Fsp3) is 0.545. The second-order valence-corrected chi connectivity index (χ2v) is 9.94. The van der Waals surface area contributed by atoms with Crippen LogP contribution in [0.3, 0.4) is 0 Å². The van der Waals surface area contributed by atoms with E-state index in [4.69, 9.17) is 17.3 Å². The first-order valence-corrected chi connectivity index (χ1v) is 11.3. The monoisotopic (exact) mass is 442 g/mol. The van der Waals surface area contributed by atoms with Crippen LogP contribution in [0.5, 0.6) is 0 Å². The highest BCUT2D eigenvalue weighted by molar-refractivity contribution is 6.31. The van der Waals surface area contributed by atoms with Gasteiger partial charge in [-0.1, -0.05) is 29.8 Å². The molecule has 9 heteroatoms. The topological polar surface area (TPSA) is 119 Å². The van der Waals surface area contributed by atoms with E-state index in [0.29, 0.717) is 41.9 Å². The maximum atomic E-state index is 11.6. The number of benzene rings is 1. The Balaban J connectivity index is 1.31. The molecule has 8 nitrogen and oxygen atoms in total. The van der Waals surface area contributed by atoms with E-state index in [0.717, 1.165) is 24.3 Å². The molecule has 4 aliphatic carbocycles. The lowest BCUT2D eigenvalue weighted by Gasteiger charge is -2.59.